The van der Waals surface area contributed by atoms with Crippen molar-refractivity contribution in [2.75, 3.05) is 47.5 Å². The lowest BCUT2D eigenvalue weighted by molar-refractivity contribution is -0.870. The molecule has 0 N–H and O–H groups in total. The number of nitrogens with zero attached hydrogens (tertiary/aromatic N) is 1. The topological polar surface area (TPSA) is 111 Å². The van der Waals surface area contributed by atoms with Gasteiger partial charge in [-0.1, -0.05) is 311 Å². The molecule has 0 saturated carbocycles. The lowest BCUT2D eigenvalue weighted by Crippen LogP contribution is -2.44. The van der Waals surface area contributed by atoms with Crippen LogP contribution in [0.2, 0.25) is 0 Å². The second-order valence-corrected chi connectivity index (χ2v) is 25.5. The fourth-order valence-electron chi connectivity index (χ4n) is 10.4. The Bertz CT molecular complexity index is 1620. The number of esters is 2. The van der Waals surface area contributed by atoms with Gasteiger partial charge in [-0.2, -0.15) is 0 Å². The molecule has 0 saturated heterocycles. The number of allylic oxidation sites excluding steroid dienone is 12. The van der Waals surface area contributed by atoms with Crippen molar-refractivity contribution in [3.05, 3.63) is 72.9 Å². The Morgan fingerprint density at radius 1 is 0.365 bits per heavy atom. The van der Waals surface area contributed by atoms with Gasteiger partial charge < -0.3 is 33.3 Å². The smallest absolute Gasteiger partial charge is 0.306 e. The van der Waals surface area contributed by atoms with Gasteiger partial charge in [0.05, 0.1) is 40.3 Å². The number of hydrogen-bond donors (Lipinski definition) is 0. The Morgan fingerprint density at radius 2 is 0.671 bits per heavy atom. The van der Waals surface area contributed by atoms with Crippen molar-refractivity contribution >= 4 is 17.9 Å². The predicted octanol–water partition coefficient (Wildman–Crippen LogP) is 21.1. The Balaban J connectivity index is 4.05. The molecule has 0 spiro atoms. The second kappa shape index (κ2) is 66.7. The van der Waals surface area contributed by atoms with Crippen molar-refractivity contribution < 1.29 is 42.9 Å². The van der Waals surface area contributed by atoms with E-state index in [1.54, 1.807) is 0 Å². The highest BCUT2D eigenvalue weighted by molar-refractivity contribution is 5.70. The lowest BCUT2D eigenvalue weighted by Gasteiger charge is -2.26. The average Bonchev–Trinajstić information content (AvgIpc) is 3.48. The van der Waals surface area contributed by atoms with Gasteiger partial charge in [-0.15, -0.1) is 0 Å². The Hall–Kier alpha value is -3.27. The van der Waals surface area contributed by atoms with E-state index in [0.717, 1.165) is 70.6 Å². The van der Waals surface area contributed by atoms with E-state index in [9.17, 15) is 19.5 Å². The summed E-state index contributed by atoms with van der Waals surface area (Å²) >= 11 is 0. The summed E-state index contributed by atoms with van der Waals surface area (Å²) in [7, 11) is 5.94. The van der Waals surface area contributed by atoms with Crippen molar-refractivity contribution in [1.82, 2.24) is 0 Å². The highest BCUT2D eigenvalue weighted by Gasteiger charge is 2.22. The number of aliphatic carboxylic acids is 1. The molecule has 2 unspecified atom stereocenters. The molecule has 494 valence electrons. The first kappa shape index (κ1) is 81.7. The fraction of sp³-hybridized carbons (Fsp3) is 0.803. The predicted molar refractivity (Wildman–Crippen MR) is 361 cm³/mol. The molecule has 85 heavy (non-hydrogen) atoms. The summed E-state index contributed by atoms with van der Waals surface area (Å²) in [6.45, 7) is 4.67. The number of ether oxygens (including phenoxy) is 4. The zero-order valence-electron chi connectivity index (χ0n) is 56.5. The summed E-state index contributed by atoms with van der Waals surface area (Å²) in [6, 6.07) is 0. The summed E-state index contributed by atoms with van der Waals surface area (Å²) in [5.41, 5.74) is 0. The zero-order chi connectivity index (χ0) is 61.9. The molecule has 0 rings (SSSR count). The normalized spacial score (nSPS) is 13.1. The Morgan fingerprint density at radius 3 is 1.00 bits per heavy atom. The van der Waals surface area contributed by atoms with E-state index in [4.69, 9.17) is 18.9 Å². The van der Waals surface area contributed by atoms with E-state index in [-0.39, 0.29) is 32.2 Å². The van der Waals surface area contributed by atoms with Crippen molar-refractivity contribution in [3.63, 3.8) is 0 Å². The van der Waals surface area contributed by atoms with Crippen LogP contribution in [0.1, 0.15) is 335 Å². The van der Waals surface area contributed by atoms with Gasteiger partial charge in [0.2, 0.25) is 0 Å². The van der Waals surface area contributed by atoms with Crippen LogP contribution >= 0.6 is 0 Å². The fourth-order valence-corrected chi connectivity index (χ4v) is 10.4. The van der Waals surface area contributed by atoms with Gasteiger partial charge in [-0.05, 0) is 83.5 Å². The minimum Gasteiger partial charge on any atom is -0.545 e. The van der Waals surface area contributed by atoms with Gasteiger partial charge in [0.25, 0.3) is 0 Å². The maximum absolute atomic E-state index is 12.9. The van der Waals surface area contributed by atoms with Crippen LogP contribution in [0, 0.1) is 0 Å². The number of carbonyl (C=O) groups is 3. The number of carbonyl (C=O) groups excluding carboxylic acids is 3. The van der Waals surface area contributed by atoms with Gasteiger partial charge >= 0.3 is 11.9 Å². The van der Waals surface area contributed by atoms with Crippen LogP contribution in [0.4, 0.5) is 0 Å². The molecule has 0 aromatic carbocycles. The zero-order valence-corrected chi connectivity index (χ0v) is 56.5. The van der Waals surface area contributed by atoms with Gasteiger partial charge in [-0.25, -0.2) is 0 Å². The maximum Gasteiger partial charge on any atom is 0.306 e. The summed E-state index contributed by atoms with van der Waals surface area (Å²) in [5.74, 6) is -2.27. The van der Waals surface area contributed by atoms with E-state index in [1.165, 1.54) is 231 Å². The molecular weight excluding hydrogens is 1050 g/mol. The molecule has 0 aromatic rings. The number of carboxylic acids is 1. The average molecular weight is 1190 g/mol. The van der Waals surface area contributed by atoms with Crippen LogP contribution < -0.4 is 5.11 Å². The molecule has 0 aliphatic rings. The van der Waals surface area contributed by atoms with E-state index in [2.05, 4.69) is 86.8 Å². The molecular formula is C76H137NO8. The van der Waals surface area contributed by atoms with Gasteiger partial charge in [0.1, 0.15) is 13.2 Å². The second-order valence-electron chi connectivity index (χ2n) is 25.5. The van der Waals surface area contributed by atoms with Crippen molar-refractivity contribution in [1.29, 1.82) is 0 Å². The number of quaternary nitrogens is 1. The highest BCUT2D eigenvalue weighted by atomic mass is 16.7. The van der Waals surface area contributed by atoms with Gasteiger partial charge in [0.15, 0.2) is 12.4 Å². The first-order valence-corrected chi connectivity index (χ1v) is 36.1. The third-order valence-electron chi connectivity index (χ3n) is 15.9. The maximum atomic E-state index is 12.9. The first-order chi connectivity index (χ1) is 41.6. The van der Waals surface area contributed by atoms with Crippen LogP contribution in [0.5, 0.6) is 0 Å². The highest BCUT2D eigenvalue weighted by Crippen LogP contribution is 2.18. The standard InChI is InChI=1S/C76H137NO8/c1-6-8-10-12-14-16-18-20-22-24-26-28-30-32-34-35-36-37-38-39-41-42-44-46-48-50-52-54-56-58-60-62-64-66-73(78)83-70-72(71-84-76(75(80)81)82-69-68-77(3,4)5)85-74(79)67-65-63-61-59-57-55-53-51-49-47-45-43-40-33-31-29-27-25-23-21-19-17-15-13-11-9-7-2/h9,11,15,17-18,20-21,23-24,26-27,29,72,76H,6-8,10,12-14,16,19,22,25,28,30-71H2,1-5H3/b11-9-,17-15-,20-18-,23-21-,26-24-,29-27-. The monoisotopic (exact) mass is 1190 g/mol. The Labute approximate surface area is 526 Å². The van der Waals surface area contributed by atoms with Gasteiger partial charge in [-0.3, -0.25) is 9.59 Å². The largest absolute Gasteiger partial charge is 0.545 e. The molecule has 0 radical (unpaired) electrons. The van der Waals surface area contributed by atoms with Crippen LogP contribution in [0.25, 0.3) is 0 Å². The summed E-state index contributed by atoms with van der Waals surface area (Å²) in [4.78, 5) is 37.5. The van der Waals surface area contributed by atoms with Crippen molar-refractivity contribution in [2.24, 2.45) is 0 Å². The molecule has 0 bridgehead atoms. The third-order valence-corrected chi connectivity index (χ3v) is 15.9. The first-order valence-electron chi connectivity index (χ1n) is 36.1. The quantitative estimate of drug-likeness (QED) is 0.0195. The molecule has 0 fully saturated rings. The van der Waals surface area contributed by atoms with E-state index in [1.807, 2.05) is 21.1 Å². The van der Waals surface area contributed by atoms with E-state index < -0.39 is 24.3 Å². The number of unbranched alkanes of at least 4 members (excludes halogenated alkanes) is 40. The van der Waals surface area contributed by atoms with E-state index in [0.29, 0.717) is 23.9 Å². The van der Waals surface area contributed by atoms with Crippen molar-refractivity contribution in [3.8, 4) is 0 Å². The minimum absolute atomic E-state index is 0.147. The molecule has 0 aliphatic heterocycles. The minimum atomic E-state index is -1.62. The number of likely N-dealkylation sites (N-methyl/N-ethyl adjacent to an activating group) is 1. The molecule has 0 amide bonds. The number of rotatable bonds is 67. The molecule has 9 heteroatoms. The summed E-state index contributed by atoms with van der Waals surface area (Å²) < 4.78 is 22.8. The van der Waals surface area contributed by atoms with Crippen molar-refractivity contribution in [2.45, 2.75) is 347 Å². The molecule has 9 nitrogen and oxygen atoms in total. The molecule has 0 heterocycles. The van der Waals surface area contributed by atoms with Crippen LogP contribution in [-0.2, 0) is 33.3 Å². The number of hydrogen-bond acceptors (Lipinski definition) is 8. The SMILES string of the molecule is CC/C=C\C/C=C\C/C=C\C/C=C\CCCCCCCCCCCCCCCCC(=O)OC(COC(=O)CCCCCCCCCCCCCCCCCCCCCCC/C=C\C/C=C\CCCCCCC)COC(OCC[N+](C)(C)C)C(=O)[O-]. The number of carboxylic acid groups (broad SMARTS) is 1. The lowest BCUT2D eigenvalue weighted by atomic mass is 10.0. The molecule has 0 aromatic heterocycles. The summed E-state index contributed by atoms with van der Waals surface area (Å²) in [5, 5.41) is 11.8. The van der Waals surface area contributed by atoms with Gasteiger partial charge in [0, 0.05) is 12.8 Å². The van der Waals surface area contributed by atoms with Crippen LogP contribution in [0.3, 0.4) is 0 Å². The van der Waals surface area contributed by atoms with E-state index >= 15 is 0 Å². The molecule has 0 aliphatic carbocycles. The van der Waals surface area contributed by atoms with Crippen LogP contribution in [-0.4, -0.2) is 82.3 Å². The van der Waals surface area contributed by atoms with Crippen LogP contribution in [0.15, 0.2) is 72.9 Å². The Kier molecular flexibility index (Phi) is 64.1. The third kappa shape index (κ3) is 68.1. The summed E-state index contributed by atoms with van der Waals surface area (Å²) in [6.07, 6.45) is 85.6. The molecule has 2 atom stereocenters.